The van der Waals surface area contributed by atoms with Gasteiger partial charge >= 0.3 is 0 Å². The largest absolute Gasteiger partial charge is 0.469 e. The van der Waals surface area contributed by atoms with Gasteiger partial charge in [-0.3, -0.25) is 9.69 Å². The topological polar surface area (TPSA) is 67.4 Å². The van der Waals surface area contributed by atoms with Crippen molar-refractivity contribution in [3.63, 3.8) is 0 Å². The fourth-order valence-corrected chi connectivity index (χ4v) is 1.47. The molecule has 1 N–H and O–H groups in total. The van der Waals surface area contributed by atoms with E-state index >= 15 is 0 Å². The van der Waals surface area contributed by atoms with Gasteiger partial charge in [0.15, 0.2) is 5.82 Å². The van der Waals surface area contributed by atoms with Crippen LogP contribution in [0.15, 0.2) is 36.9 Å². The van der Waals surface area contributed by atoms with Crippen LogP contribution in [0.3, 0.4) is 0 Å². The first-order chi connectivity index (χ1) is 7.36. The van der Waals surface area contributed by atoms with Crippen LogP contribution < -0.4 is 10.2 Å². The molecule has 1 aromatic rings. The zero-order chi connectivity index (χ0) is 10.3. The molecule has 2 aliphatic rings. The summed E-state index contributed by atoms with van der Waals surface area (Å²) in [5, 5.41) is 2.67. The van der Waals surface area contributed by atoms with E-state index in [1.54, 1.807) is 17.3 Å². The molecule has 2 aliphatic heterocycles. The van der Waals surface area contributed by atoms with Crippen molar-refractivity contribution in [2.45, 2.75) is 0 Å². The molecule has 1 aromatic heterocycles. The van der Waals surface area contributed by atoms with Crippen LogP contribution in [0.4, 0.5) is 11.5 Å². The molecular weight excluding hydrogens is 196 g/mol. The van der Waals surface area contributed by atoms with Crippen molar-refractivity contribution in [3.8, 4) is 0 Å². The van der Waals surface area contributed by atoms with Gasteiger partial charge in [0.25, 0.3) is 5.91 Å². The van der Waals surface area contributed by atoms with Crippen LogP contribution >= 0.6 is 0 Å². The number of ether oxygens (including phenoxy) is 1. The van der Waals surface area contributed by atoms with E-state index in [-0.39, 0.29) is 5.91 Å². The monoisotopic (exact) mass is 202 g/mol. The lowest BCUT2D eigenvalue weighted by Gasteiger charge is -2.29. The van der Waals surface area contributed by atoms with Crippen molar-refractivity contribution in [3.05, 3.63) is 36.9 Å². The molecule has 0 fully saturated rings. The Bertz CT molecular complexity index is 495. The minimum Gasteiger partial charge on any atom is -0.469 e. The van der Waals surface area contributed by atoms with Crippen molar-refractivity contribution in [2.24, 2.45) is 0 Å². The fraction of sp³-hybridized carbons (Fsp3) is 0. The number of nitrogens with one attached hydrogen (secondary N) is 1. The standard InChI is InChI=1S/C9H6N4O2/c14-9-7-4-15-2-1-13(7)8-6(12-9)3-10-5-11-8/h1-5H,(H,12,14). The van der Waals surface area contributed by atoms with E-state index in [4.69, 9.17) is 4.74 Å². The molecule has 0 aliphatic carbocycles. The Morgan fingerprint density at radius 1 is 1.47 bits per heavy atom. The van der Waals surface area contributed by atoms with Gasteiger partial charge in [-0.05, 0) is 0 Å². The van der Waals surface area contributed by atoms with E-state index in [1.807, 2.05) is 0 Å². The summed E-state index contributed by atoms with van der Waals surface area (Å²) in [7, 11) is 0. The second-order valence-corrected chi connectivity index (χ2v) is 3.01. The van der Waals surface area contributed by atoms with Crippen molar-refractivity contribution >= 4 is 17.4 Å². The molecule has 15 heavy (non-hydrogen) atoms. The number of nitrogens with zero attached hydrogens (tertiary/aromatic N) is 3. The first kappa shape index (κ1) is 7.98. The van der Waals surface area contributed by atoms with Crippen LogP contribution in [-0.2, 0) is 9.53 Å². The molecule has 6 heteroatoms. The summed E-state index contributed by atoms with van der Waals surface area (Å²) in [6.45, 7) is 0. The third-order valence-corrected chi connectivity index (χ3v) is 2.13. The summed E-state index contributed by atoms with van der Waals surface area (Å²) >= 11 is 0. The number of aromatic nitrogens is 2. The van der Waals surface area contributed by atoms with Crippen molar-refractivity contribution < 1.29 is 9.53 Å². The number of fused-ring (bicyclic) bond motifs is 3. The fourth-order valence-electron chi connectivity index (χ4n) is 1.47. The van der Waals surface area contributed by atoms with E-state index in [1.165, 1.54) is 18.9 Å². The smallest absolute Gasteiger partial charge is 0.276 e. The summed E-state index contributed by atoms with van der Waals surface area (Å²) in [6, 6.07) is 0. The molecule has 0 unspecified atom stereocenters. The van der Waals surface area contributed by atoms with Gasteiger partial charge in [0.2, 0.25) is 0 Å². The van der Waals surface area contributed by atoms with Crippen molar-refractivity contribution in [2.75, 3.05) is 10.2 Å². The van der Waals surface area contributed by atoms with E-state index in [9.17, 15) is 4.79 Å². The minimum absolute atomic E-state index is 0.235. The molecule has 0 radical (unpaired) electrons. The summed E-state index contributed by atoms with van der Waals surface area (Å²) in [4.78, 5) is 21.2. The molecular formula is C9H6N4O2. The maximum atomic E-state index is 11.6. The molecule has 0 atom stereocenters. The minimum atomic E-state index is -0.235. The Balaban J connectivity index is 2.19. The van der Waals surface area contributed by atoms with E-state index in [0.29, 0.717) is 17.2 Å². The lowest BCUT2D eigenvalue weighted by molar-refractivity contribution is -0.113. The van der Waals surface area contributed by atoms with Crippen molar-refractivity contribution in [1.82, 2.24) is 9.97 Å². The molecule has 0 spiro atoms. The molecule has 3 rings (SSSR count). The summed E-state index contributed by atoms with van der Waals surface area (Å²) in [5.74, 6) is 0.400. The third-order valence-electron chi connectivity index (χ3n) is 2.13. The molecule has 0 saturated heterocycles. The Morgan fingerprint density at radius 3 is 3.33 bits per heavy atom. The average Bonchev–Trinajstić information content (AvgIpc) is 2.30. The lowest BCUT2D eigenvalue weighted by Crippen LogP contribution is -2.34. The molecule has 0 bridgehead atoms. The maximum Gasteiger partial charge on any atom is 0.276 e. The first-order valence-corrected chi connectivity index (χ1v) is 4.29. The SMILES string of the molecule is O=C1Nc2cncnc2N2C=COC=C12. The van der Waals surface area contributed by atoms with Gasteiger partial charge in [0.1, 0.15) is 30.2 Å². The second kappa shape index (κ2) is 2.81. The van der Waals surface area contributed by atoms with Gasteiger partial charge in [-0.2, -0.15) is 0 Å². The van der Waals surface area contributed by atoms with Crippen LogP contribution in [0.1, 0.15) is 0 Å². The number of hydrogen-bond acceptors (Lipinski definition) is 5. The number of carbonyl (C=O) groups excluding carboxylic acids is 1. The molecule has 0 saturated carbocycles. The van der Waals surface area contributed by atoms with Crippen LogP contribution in [0.25, 0.3) is 0 Å². The Kier molecular flexibility index (Phi) is 1.49. The van der Waals surface area contributed by atoms with E-state index in [2.05, 4.69) is 15.3 Å². The van der Waals surface area contributed by atoms with Crippen LogP contribution in [0.2, 0.25) is 0 Å². The highest BCUT2D eigenvalue weighted by Crippen LogP contribution is 2.31. The first-order valence-electron chi connectivity index (χ1n) is 4.29. The highest BCUT2D eigenvalue weighted by Gasteiger charge is 2.29. The number of carbonyl (C=O) groups is 1. The number of hydrogen-bond donors (Lipinski definition) is 1. The van der Waals surface area contributed by atoms with Crippen LogP contribution in [0, 0.1) is 0 Å². The Morgan fingerprint density at radius 2 is 2.40 bits per heavy atom. The van der Waals surface area contributed by atoms with Gasteiger partial charge in [0.05, 0.1) is 6.20 Å². The molecule has 3 heterocycles. The molecule has 1 amide bonds. The molecule has 0 aromatic carbocycles. The number of rotatable bonds is 0. The van der Waals surface area contributed by atoms with E-state index in [0.717, 1.165) is 0 Å². The quantitative estimate of drug-likeness (QED) is 0.666. The normalized spacial score (nSPS) is 17.2. The maximum absolute atomic E-state index is 11.6. The van der Waals surface area contributed by atoms with Gasteiger partial charge < -0.3 is 10.1 Å². The molecule has 74 valence electrons. The van der Waals surface area contributed by atoms with Gasteiger partial charge in [0, 0.05) is 6.20 Å². The lowest BCUT2D eigenvalue weighted by atomic mass is 10.2. The summed E-state index contributed by atoms with van der Waals surface area (Å²) < 4.78 is 4.94. The summed E-state index contributed by atoms with van der Waals surface area (Å²) in [6.07, 6.45) is 7.48. The zero-order valence-corrected chi connectivity index (χ0v) is 7.54. The number of anilines is 2. The Labute approximate surface area is 84.9 Å². The van der Waals surface area contributed by atoms with E-state index < -0.39 is 0 Å². The predicted molar refractivity (Wildman–Crippen MR) is 51.4 cm³/mol. The Hall–Kier alpha value is -2.37. The highest BCUT2D eigenvalue weighted by atomic mass is 16.5. The van der Waals surface area contributed by atoms with Crippen molar-refractivity contribution in [1.29, 1.82) is 0 Å². The van der Waals surface area contributed by atoms with Gasteiger partial charge in [-0.1, -0.05) is 0 Å². The van der Waals surface area contributed by atoms with Crippen LogP contribution in [-0.4, -0.2) is 15.9 Å². The van der Waals surface area contributed by atoms with Gasteiger partial charge in [-0.25, -0.2) is 9.97 Å². The predicted octanol–water partition coefficient (Wildman–Crippen LogP) is 0.578. The van der Waals surface area contributed by atoms with Crippen LogP contribution in [0.5, 0.6) is 0 Å². The highest BCUT2D eigenvalue weighted by molar-refractivity contribution is 6.11. The average molecular weight is 202 g/mol. The third kappa shape index (κ3) is 1.08. The van der Waals surface area contributed by atoms with Gasteiger partial charge in [-0.15, -0.1) is 0 Å². The zero-order valence-electron chi connectivity index (χ0n) is 7.54. The molecule has 6 nitrogen and oxygen atoms in total. The second-order valence-electron chi connectivity index (χ2n) is 3.01. The summed E-state index contributed by atoms with van der Waals surface area (Å²) in [5.41, 5.74) is 0.995. The number of amides is 1.